The lowest BCUT2D eigenvalue weighted by Crippen LogP contribution is -2.35. The van der Waals surface area contributed by atoms with Crippen molar-refractivity contribution in [2.24, 2.45) is 0 Å². The van der Waals surface area contributed by atoms with E-state index >= 15 is 0 Å². The zero-order valence-corrected chi connectivity index (χ0v) is 16.8. The Morgan fingerprint density at radius 1 is 0.966 bits per heavy atom. The molecule has 0 radical (unpaired) electrons. The van der Waals surface area contributed by atoms with Gasteiger partial charge < -0.3 is 4.74 Å². The number of anilines is 1. The van der Waals surface area contributed by atoms with Gasteiger partial charge in [-0.3, -0.25) is 9.78 Å². The normalized spacial score (nSPS) is 11.4. The minimum absolute atomic E-state index is 0.00131. The summed E-state index contributed by atoms with van der Waals surface area (Å²) in [5.74, 6) is -0.0791. The second kappa shape index (κ2) is 8.70. The highest BCUT2D eigenvalue weighted by Gasteiger charge is 2.29. The fraction of sp³-hybridized carbons (Fsp3) is 0.0909. The molecule has 0 aliphatic rings. The molecule has 1 aromatic heterocycles. The van der Waals surface area contributed by atoms with Crippen LogP contribution in [-0.2, 0) is 14.8 Å². The van der Waals surface area contributed by atoms with Gasteiger partial charge in [-0.25, -0.2) is 12.7 Å². The molecule has 2 aromatic carbocycles. The summed E-state index contributed by atoms with van der Waals surface area (Å²) in [4.78, 5) is 16.4. The number of aromatic nitrogens is 1. The minimum atomic E-state index is -4.10. The first kappa shape index (κ1) is 20.3. The summed E-state index contributed by atoms with van der Waals surface area (Å²) in [6.07, 6.45) is 6.94. The van der Waals surface area contributed by atoms with Crippen LogP contribution in [0.3, 0.4) is 0 Å². The molecule has 0 N–H and O–H groups in total. The molecule has 3 aromatic rings. The van der Waals surface area contributed by atoms with Crippen LogP contribution in [0.2, 0.25) is 0 Å². The van der Waals surface area contributed by atoms with Gasteiger partial charge in [0.15, 0.2) is 0 Å². The SMILES string of the molecule is COc1ccc(S(=O)(=O)N(C(C)=O)c2ccccc2C=Cc2ccncc2)cc1. The molecule has 0 saturated heterocycles. The predicted octanol–water partition coefficient (Wildman–Crippen LogP) is 4.00. The predicted molar refractivity (Wildman–Crippen MR) is 113 cm³/mol. The van der Waals surface area contributed by atoms with Crippen molar-refractivity contribution in [3.05, 3.63) is 84.2 Å². The molecular weight excluding hydrogens is 388 g/mol. The average molecular weight is 408 g/mol. The largest absolute Gasteiger partial charge is 0.497 e. The molecule has 0 aliphatic carbocycles. The average Bonchev–Trinajstić information content (AvgIpc) is 2.73. The van der Waals surface area contributed by atoms with Gasteiger partial charge in [0.2, 0.25) is 5.91 Å². The maximum atomic E-state index is 13.2. The first-order chi connectivity index (χ1) is 13.9. The molecule has 0 atom stereocenters. The number of rotatable bonds is 6. The Balaban J connectivity index is 2.06. The number of hydrogen-bond acceptors (Lipinski definition) is 5. The zero-order valence-electron chi connectivity index (χ0n) is 16.0. The van der Waals surface area contributed by atoms with Gasteiger partial charge in [0.1, 0.15) is 5.75 Å². The summed E-state index contributed by atoms with van der Waals surface area (Å²) < 4.78 is 32.4. The molecule has 0 fully saturated rings. The van der Waals surface area contributed by atoms with E-state index in [0.29, 0.717) is 11.3 Å². The zero-order chi connectivity index (χ0) is 20.9. The molecule has 1 heterocycles. The van der Waals surface area contributed by atoms with Crippen molar-refractivity contribution in [3.8, 4) is 5.75 Å². The third-order valence-electron chi connectivity index (χ3n) is 4.20. The number of amides is 1. The third-order valence-corrected chi connectivity index (χ3v) is 6.00. The van der Waals surface area contributed by atoms with Crippen molar-refractivity contribution < 1.29 is 17.9 Å². The number of pyridine rings is 1. The Kier molecular flexibility index (Phi) is 6.09. The Morgan fingerprint density at radius 2 is 1.62 bits per heavy atom. The summed E-state index contributed by atoms with van der Waals surface area (Å²) in [6.45, 7) is 1.23. The highest BCUT2D eigenvalue weighted by atomic mass is 32.2. The molecule has 6 nitrogen and oxygen atoms in total. The second-order valence-electron chi connectivity index (χ2n) is 6.14. The quantitative estimate of drug-likeness (QED) is 0.616. The van der Waals surface area contributed by atoms with Gasteiger partial charge in [-0.1, -0.05) is 30.4 Å². The number of nitrogens with zero attached hydrogens (tertiary/aromatic N) is 2. The maximum Gasteiger partial charge on any atom is 0.270 e. The molecule has 29 heavy (non-hydrogen) atoms. The van der Waals surface area contributed by atoms with Gasteiger partial charge in [0.05, 0.1) is 17.7 Å². The fourth-order valence-corrected chi connectivity index (χ4v) is 4.25. The number of methoxy groups -OCH3 is 1. The van der Waals surface area contributed by atoms with Crippen LogP contribution in [0.5, 0.6) is 5.75 Å². The van der Waals surface area contributed by atoms with Crippen molar-refractivity contribution in [1.82, 2.24) is 4.98 Å². The minimum Gasteiger partial charge on any atom is -0.497 e. The van der Waals surface area contributed by atoms with Gasteiger partial charge in [-0.05, 0) is 53.6 Å². The number of carbonyl (C=O) groups excluding carboxylic acids is 1. The lowest BCUT2D eigenvalue weighted by Gasteiger charge is -2.23. The van der Waals surface area contributed by atoms with Gasteiger partial charge in [-0.2, -0.15) is 0 Å². The van der Waals surface area contributed by atoms with Crippen LogP contribution in [0.1, 0.15) is 18.1 Å². The Hall–Kier alpha value is -3.45. The topological polar surface area (TPSA) is 76.6 Å². The third kappa shape index (κ3) is 4.52. The molecule has 0 aliphatic heterocycles. The summed E-state index contributed by atoms with van der Waals surface area (Å²) in [6, 6.07) is 16.4. The standard InChI is InChI=1S/C22H20N2O4S/c1-17(25)24(29(26,27)21-11-9-20(28-2)10-12-21)22-6-4-3-5-19(22)8-7-18-13-15-23-16-14-18/h3-16H,1-2H3. The number of benzene rings is 2. The van der Waals surface area contributed by atoms with Crippen LogP contribution in [0.25, 0.3) is 12.2 Å². The molecule has 3 rings (SSSR count). The van der Waals surface area contributed by atoms with Gasteiger partial charge in [-0.15, -0.1) is 0 Å². The van der Waals surface area contributed by atoms with Crippen LogP contribution >= 0.6 is 0 Å². The number of hydrogen-bond donors (Lipinski definition) is 0. The van der Waals surface area contributed by atoms with E-state index in [0.717, 1.165) is 9.87 Å². The molecule has 0 unspecified atom stereocenters. The van der Waals surface area contributed by atoms with Crippen molar-refractivity contribution in [3.63, 3.8) is 0 Å². The van der Waals surface area contributed by atoms with Gasteiger partial charge in [0.25, 0.3) is 10.0 Å². The van der Waals surface area contributed by atoms with E-state index in [1.54, 1.807) is 54.9 Å². The first-order valence-electron chi connectivity index (χ1n) is 8.80. The molecular formula is C22H20N2O4S. The van der Waals surface area contributed by atoms with E-state index in [2.05, 4.69) is 4.98 Å². The Bertz CT molecular complexity index is 1120. The molecule has 0 saturated carbocycles. The van der Waals surface area contributed by atoms with Crippen LogP contribution in [-0.4, -0.2) is 26.4 Å². The lowest BCUT2D eigenvalue weighted by molar-refractivity contribution is -0.115. The molecule has 0 spiro atoms. The molecule has 148 valence electrons. The van der Waals surface area contributed by atoms with Crippen LogP contribution in [0.4, 0.5) is 5.69 Å². The van der Waals surface area contributed by atoms with Crippen LogP contribution in [0, 0.1) is 0 Å². The second-order valence-corrected chi connectivity index (χ2v) is 7.92. The number of carbonyl (C=O) groups is 1. The Morgan fingerprint density at radius 3 is 2.24 bits per heavy atom. The van der Waals surface area contributed by atoms with Crippen molar-refractivity contribution in [1.29, 1.82) is 0 Å². The van der Waals surface area contributed by atoms with Gasteiger partial charge >= 0.3 is 0 Å². The molecule has 1 amide bonds. The van der Waals surface area contributed by atoms with E-state index in [4.69, 9.17) is 4.74 Å². The number of ether oxygens (including phenoxy) is 1. The number of sulfonamides is 1. The summed E-state index contributed by atoms with van der Waals surface area (Å²) in [5.41, 5.74) is 1.78. The Labute approximate surface area is 170 Å². The summed E-state index contributed by atoms with van der Waals surface area (Å²) in [7, 11) is -2.60. The van der Waals surface area contributed by atoms with E-state index in [9.17, 15) is 13.2 Å². The summed E-state index contributed by atoms with van der Waals surface area (Å²) in [5, 5.41) is 0. The highest BCUT2D eigenvalue weighted by molar-refractivity contribution is 7.93. The van der Waals surface area contributed by atoms with Crippen molar-refractivity contribution >= 4 is 33.8 Å². The van der Waals surface area contributed by atoms with E-state index in [1.807, 2.05) is 18.2 Å². The smallest absolute Gasteiger partial charge is 0.270 e. The lowest BCUT2D eigenvalue weighted by atomic mass is 10.1. The van der Waals surface area contributed by atoms with Crippen molar-refractivity contribution in [2.75, 3.05) is 11.4 Å². The fourth-order valence-electron chi connectivity index (χ4n) is 2.80. The van der Waals surface area contributed by atoms with Gasteiger partial charge in [0, 0.05) is 19.3 Å². The van der Waals surface area contributed by atoms with Crippen LogP contribution in [0.15, 0.2) is 78.0 Å². The summed E-state index contributed by atoms with van der Waals surface area (Å²) >= 11 is 0. The maximum absolute atomic E-state index is 13.2. The number of para-hydroxylation sites is 1. The first-order valence-corrected chi connectivity index (χ1v) is 10.2. The van der Waals surface area contributed by atoms with E-state index in [-0.39, 0.29) is 10.6 Å². The van der Waals surface area contributed by atoms with E-state index < -0.39 is 15.9 Å². The highest BCUT2D eigenvalue weighted by Crippen LogP contribution is 2.29. The molecule has 0 bridgehead atoms. The van der Waals surface area contributed by atoms with E-state index in [1.165, 1.54) is 26.2 Å². The molecule has 7 heteroatoms. The van der Waals surface area contributed by atoms with Crippen molar-refractivity contribution in [2.45, 2.75) is 11.8 Å². The monoisotopic (exact) mass is 408 g/mol. The van der Waals surface area contributed by atoms with Crippen LogP contribution < -0.4 is 9.04 Å².